The van der Waals surface area contributed by atoms with Gasteiger partial charge in [-0.3, -0.25) is 9.69 Å². The summed E-state index contributed by atoms with van der Waals surface area (Å²) in [7, 11) is 0. The second kappa shape index (κ2) is 7.99. The van der Waals surface area contributed by atoms with Crippen molar-refractivity contribution in [1.29, 1.82) is 0 Å². The quantitative estimate of drug-likeness (QED) is 0.467. The fraction of sp³-hybridized carbons (Fsp3) is 0.273. The smallest absolute Gasteiger partial charge is 0.260 e. The van der Waals surface area contributed by atoms with Crippen LogP contribution in [-0.4, -0.2) is 21.4 Å². The topological polar surface area (TPSA) is 49.0 Å². The molecule has 3 heterocycles. The van der Waals surface area contributed by atoms with E-state index in [1.165, 1.54) is 10.4 Å². The highest BCUT2D eigenvalue weighted by molar-refractivity contribution is 7.19. The summed E-state index contributed by atoms with van der Waals surface area (Å²) in [6.07, 6.45) is 0. The van der Waals surface area contributed by atoms with E-state index < -0.39 is 0 Å². The molecule has 0 radical (unpaired) electrons. The summed E-state index contributed by atoms with van der Waals surface area (Å²) < 4.78 is 0. The number of hydrogen-bond donors (Lipinski definition) is 1. The first-order valence-electron chi connectivity index (χ1n) is 9.39. The summed E-state index contributed by atoms with van der Waals surface area (Å²) >= 11 is 3.35. The Balaban J connectivity index is 1.69. The number of aryl methyl sites for hydroxylation is 2. The second-order valence-electron chi connectivity index (χ2n) is 6.97. The molecule has 6 heteroatoms. The van der Waals surface area contributed by atoms with Gasteiger partial charge in [-0.1, -0.05) is 42.8 Å². The molecule has 0 spiro atoms. The van der Waals surface area contributed by atoms with Gasteiger partial charge in [0.25, 0.3) is 5.56 Å². The summed E-state index contributed by atoms with van der Waals surface area (Å²) in [6.45, 7) is 8.67. The third-order valence-corrected chi connectivity index (χ3v) is 6.77. The van der Waals surface area contributed by atoms with E-state index in [0.717, 1.165) is 39.7 Å². The van der Waals surface area contributed by atoms with Crippen molar-refractivity contribution in [1.82, 2.24) is 14.9 Å². The number of thiophene rings is 2. The fourth-order valence-corrected chi connectivity index (χ4v) is 5.23. The molecule has 3 aromatic heterocycles. The number of benzene rings is 1. The first kappa shape index (κ1) is 19.1. The Hall–Kier alpha value is -2.28. The van der Waals surface area contributed by atoms with Gasteiger partial charge in [0.1, 0.15) is 10.7 Å². The minimum atomic E-state index is -0.0490. The van der Waals surface area contributed by atoms with Crippen LogP contribution in [0.1, 0.15) is 28.1 Å². The molecule has 0 unspecified atom stereocenters. The van der Waals surface area contributed by atoms with E-state index >= 15 is 0 Å². The van der Waals surface area contributed by atoms with Gasteiger partial charge in [0.05, 0.1) is 11.9 Å². The molecule has 0 saturated carbocycles. The molecule has 4 rings (SSSR count). The van der Waals surface area contributed by atoms with Gasteiger partial charge < -0.3 is 4.98 Å². The molecule has 144 valence electrons. The van der Waals surface area contributed by atoms with Crippen LogP contribution < -0.4 is 5.56 Å². The molecule has 1 N–H and O–H groups in total. The predicted octanol–water partition coefficient (Wildman–Crippen LogP) is 5.35. The molecule has 4 nitrogen and oxygen atoms in total. The zero-order valence-electron chi connectivity index (χ0n) is 16.3. The molecule has 0 aliphatic rings. The molecular formula is C22H23N3OS2. The third kappa shape index (κ3) is 3.81. The van der Waals surface area contributed by atoms with Gasteiger partial charge in [0.15, 0.2) is 0 Å². The number of aromatic amines is 1. The van der Waals surface area contributed by atoms with Gasteiger partial charge in [0.2, 0.25) is 0 Å². The second-order valence-corrected chi connectivity index (χ2v) is 9.21. The maximum Gasteiger partial charge on any atom is 0.260 e. The molecule has 0 amide bonds. The lowest BCUT2D eigenvalue weighted by Crippen LogP contribution is -2.25. The van der Waals surface area contributed by atoms with Gasteiger partial charge >= 0.3 is 0 Å². The van der Waals surface area contributed by atoms with Crippen LogP contribution in [0.15, 0.2) is 46.6 Å². The Labute approximate surface area is 172 Å². The summed E-state index contributed by atoms with van der Waals surface area (Å²) in [6, 6.07) is 12.5. The SMILES string of the molecule is CCN(Cc1nc2sc(C)c(-c3ccc(C)cc3)c2c(=O)[nH]1)Cc1cccs1. The number of hydrogen-bond acceptors (Lipinski definition) is 5. The number of nitrogens with zero attached hydrogens (tertiary/aromatic N) is 2. The predicted molar refractivity (Wildman–Crippen MR) is 119 cm³/mol. The van der Waals surface area contributed by atoms with Crippen molar-refractivity contribution in [2.24, 2.45) is 0 Å². The van der Waals surface area contributed by atoms with E-state index in [4.69, 9.17) is 4.98 Å². The standard InChI is InChI=1S/C22H23N3OS2/c1-4-25(12-17-6-5-11-27-17)13-18-23-21(26)20-19(15(3)28-22(20)24-18)16-9-7-14(2)8-10-16/h5-11H,4,12-13H2,1-3H3,(H,23,24,26). The van der Waals surface area contributed by atoms with Gasteiger partial charge in [-0.2, -0.15) is 0 Å². The largest absolute Gasteiger partial charge is 0.309 e. The summed E-state index contributed by atoms with van der Waals surface area (Å²) in [5, 5.41) is 2.80. The van der Waals surface area contributed by atoms with E-state index in [0.29, 0.717) is 11.9 Å². The Bertz CT molecular complexity index is 1140. The lowest BCUT2D eigenvalue weighted by Gasteiger charge is -2.18. The molecule has 0 atom stereocenters. The summed E-state index contributed by atoms with van der Waals surface area (Å²) in [5.41, 5.74) is 3.24. The average Bonchev–Trinajstić information content (AvgIpc) is 3.29. The van der Waals surface area contributed by atoms with E-state index in [1.807, 2.05) is 0 Å². The van der Waals surface area contributed by atoms with E-state index in [9.17, 15) is 4.79 Å². The van der Waals surface area contributed by atoms with Crippen molar-refractivity contribution in [2.45, 2.75) is 33.9 Å². The maximum absolute atomic E-state index is 13.0. The van der Waals surface area contributed by atoms with Gasteiger partial charge in [-0.05, 0) is 37.4 Å². The van der Waals surface area contributed by atoms with Crippen molar-refractivity contribution in [3.8, 4) is 11.1 Å². The molecule has 4 aromatic rings. The number of nitrogens with one attached hydrogen (secondary N) is 1. The molecule has 0 bridgehead atoms. The summed E-state index contributed by atoms with van der Waals surface area (Å²) in [5.74, 6) is 0.729. The highest BCUT2D eigenvalue weighted by atomic mass is 32.1. The zero-order valence-corrected chi connectivity index (χ0v) is 17.9. The lowest BCUT2D eigenvalue weighted by molar-refractivity contribution is 0.267. The first-order chi connectivity index (χ1) is 13.5. The number of fused-ring (bicyclic) bond motifs is 1. The Kier molecular flexibility index (Phi) is 5.44. The zero-order chi connectivity index (χ0) is 19.7. The van der Waals surface area contributed by atoms with E-state index in [1.54, 1.807) is 22.7 Å². The van der Waals surface area contributed by atoms with Crippen LogP contribution in [0, 0.1) is 13.8 Å². The average molecular weight is 410 g/mol. The van der Waals surface area contributed by atoms with Crippen LogP contribution in [0.5, 0.6) is 0 Å². The van der Waals surface area contributed by atoms with Gasteiger partial charge in [-0.15, -0.1) is 22.7 Å². The highest BCUT2D eigenvalue weighted by Crippen LogP contribution is 2.35. The van der Waals surface area contributed by atoms with Crippen molar-refractivity contribution >= 4 is 32.9 Å². The van der Waals surface area contributed by atoms with E-state index in [-0.39, 0.29) is 5.56 Å². The molecule has 0 aliphatic carbocycles. The number of aromatic nitrogens is 2. The highest BCUT2D eigenvalue weighted by Gasteiger charge is 2.17. The van der Waals surface area contributed by atoms with Crippen LogP contribution in [0.4, 0.5) is 0 Å². The maximum atomic E-state index is 13.0. The van der Waals surface area contributed by atoms with Crippen LogP contribution in [0.3, 0.4) is 0 Å². The Morgan fingerprint density at radius 3 is 2.57 bits per heavy atom. The van der Waals surface area contributed by atoms with Crippen molar-refractivity contribution in [2.75, 3.05) is 6.54 Å². The molecule has 0 aliphatic heterocycles. The van der Waals surface area contributed by atoms with Crippen molar-refractivity contribution < 1.29 is 0 Å². The molecule has 0 saturated heterocycles. The minimum absolute atomic E-state index is 0.0490. The number of H-pyrrole nitrogens is 1. The monoisotopic (exact) mass is 409 g/mol. The van der Waals surface area contributed by atoms with Crippen LogP contribution in [-0.2, 0) is 13.1 Å². The van der Waals surface area contributed by atoms with Gasteiger partial charge in [0, 0.05) is 21.9 Å². The third-order valence-electron chi connectivity index (χ3n) is 4.91. The summed E-state index contributed by atoms with van der Waals surface area (Å²) in [4.78, 5) is 26.3. The van der Waals surface area contributed by atoms with Crippen LogP contribution >= 0.6 is 22.7 Å². The Morgan fingerprint density at radius 2 is 1.89 bits per heavy atom. The number of rotatable bonds is 6. The first-order valence-corrected chi connectivity index (χ1v) is 11.1. The Morgan fingerprint density at radius 1 is 1.11 bits per heavy atom. The molecule has 0 fully saturated rings. The lowest BCUT2D eigenvalue weighted by atomic mass is 10.0. The van der Waals surface area contributed by atoms with Crippen LogP contribution in [0.2, 0.25) is 0 Å². The minimum Gasteiger partial charge on any atom is -0.309 e. The molecular weight excluding hydrogens is 386 g/mol. The van der Waals surface area contributed by atoms with E-state index in [2.05, 4.69) is 72.4 Å². The fourth-order valence-electron chi connectivity index (χ4n) is 3.42. The van der Waals surface area contributed by atoms with Crippen molar-refractivity contribution in [3.63, 3.8) is 0 Å². The van der Waals surface area contributed by atoms with Gasteiger partial charge in [-0.25, -0.2) is 4.98 Å². The van der Waals surface area contributed by atoms with Crippen LogP contribution in [0.25, 0.3) is 21.3 Å². The molecule has 1 aromatic carbocycles. The molecule has 28 heavy (non-hydrogen) atoms. The normalized spacial score (nSPS) is 11.6. The van der Waals surface area contributed by atoms with Crippen molar-refractivity contribution in [3.05, 3.63) is 73.3 Å².